The zero-order valence-electron chi connectivity index (χ0n) is 10.3. The predicted molar refractivity (Wildman–Crippen MR) is 65.0 cm³/mol. The van der Waals surface area contributed by atoms with E-state index < -0.39 is 0 Å². The molecular weight excluding hydrogens is 218 g/mol. The first-order valence-electron chi connectivity index (χ1n) is 6.04. The van der Waals surface area contributed by atoms with E-state index in [0.29, 0.717) is 11.7 Å². The molecule has 0 saturated carbocycles. The molecule has 0 radical (unpaired) electrons. The lowest BCUT2D eigenvalue weighted by molar-refractivity contribution is 0.0236. The van der Waals surface area contributed by atoms with Gasteiger partial charge in [0.05, 0.1) is 13.2 Å². The molecule has 1 saturated heterocycles. The average molecular weight is 237 g/mol. The molecule has 1 aliphatic rings. The van der Waals surface area contributed by atoms with Gasteiger partial charge < -0.3 is 15.2 Å². The van der Waals surface area contributed by atoms with Gasteiger partial charge >= 0.3 is 0 Å². The number of nitrogens with two attached hydrogens (primary N) is 1. The van der Waals surface area contributed by atoms with Crippen LogP contribution in [0.4, 0.5) is 5.82 Å². The summed E-state index contributed by atoms with van der Waals surface area (Å²) in [6.45, 7) is 5.57. The van der Waals surface area contributed by atoms with Gasteiger partial charge in [-0.25, -0.2) is 4.98 Å². The van der Waals surface area contributed by atoms with E-state index in [-0.39, 0.29) is 12.0 Å². The predicted octanol–water partition coefficient (Wildman–Crippen LogP) is 1.74. The van der Waals surface area contributed by atoms with E-state index in [1.807, 2.05) is 13.8 Å². The molecular formula is C12H19N3O2. The Bertz CT molecular complexity index is 376. The van der Waals surface area contributed by atoms with E-state index in [9.17, 15) is 0 Å². The van der Waals surface area contributed by atoms with E-state index in [1.165, 1.54) is 0 Å². The van der Waals surface area contributed by atoms with E-state index in [0.717, 1.165) is 31.9 Å². The molecule has 2 heterocycles. The number of ether oxygens (including phenoxy) is 2. The van der Waals surface area contributed by atoms with Crippen molar-refractivity contribution in [2.45, 2.75) is 38.7 Å². The van der Waals surface area contributed by atoms with Gasteiger partial charge in [0, 0.05) is 24.8 Å². The Morgan fingerprint density at radius 3 is 2.71 bits per heavy atom. The second kappa shape index (κ2) is 5.31. The molecule has 0 atom stereocenters. The maximum atomic E-state index is 5.82. The maximum absolute atomic E-state index is 5.82. The van der Waals surface area contributed by atoms with Crippen LogP contribution in [0.3, 0.4) is 0 Å². The monoisotopic (exact) mass is 237 g/mol. The van der Waals surface area contributed by atoms with E-state index in [1.54, 1.807) is 6.07 Å². The summed E-state index contributed by atoms with van der Waals surface area (Å²) >= 11 is 0. The minimum atomic E-state index is 0.179. The molecule has 5 nitrogen and oxygen atoms in total. The van der Waals surface area contributed by atoms with Gasteiger partial charge in [-0.2, -0.15) is 4.98 Å². The SMILES string of the molecule is CC(C)c1nc(N)cc(OC2CCOCC2)n1. The quantitative estimate of drug-likeness (QED) is 0.867. The van der Waals surface area contributed by atoms with Crippen LogP contribution < -0.4 is 10.5 Å². The number of nitrogens with zero attached hydrogens (tertiary/aromatic N) is 2. The van der Waals surface area contributed by atoms with Gasteiger partial charge in [0.15, 0.2) is 0 Å². The molecule has 1 aliphatic heterocycles. The first-order valence-corrected chi connectivity index (χ1v) is 6.04. The Labute approximate surface area is 101 Å². The molecule has 1 fully saturated rings. The van der Waals surface area contributed by atoms with Crippen LogP contribution in [0.25, 0.3) is 0 Å². The van der Waals surface area contributed by atoms with Crippen LogP contribution in [0, 0.1) is 0 Å². The lowest BCUT2D eigenvalue weighted by Gasteiger charge is -2.23. The third kappa shape index (κ3) is 3.30. The van der Waals surface area contributed by atoms with Gasteiger partial charge in [-0.3, -0.25) is 0 Å². The number of rotatable bonds is 3. The standard InChI is InChI=1S/C12H19N3O2/c1-8(2)12-14-10(13)7-11(15-12)17-9-3-5-16-6-4-9/h7-9H,3-6H2,1-2H3,(H2,13,14,15). The van der Waals surface area contributed by atoms with Gasteiger partial charge in [-0.05, 0) is 0 Å². The fourth-order valence-corrected chi connectivity index (χ4v) is 1.74. The van der Waals surface area contributed by atoms with Crippen LogP contribution in [-0.4, -0.2) is 29.3 Å². The van der Waals surface area contributed by atoms with Crippen molar-refractivity contribution in [2.24, 2.45) is 0 Å². The van der Waals surface area contributed by atoms with Crippen molar-refractivity contribution in [3.63, 3.8) is 0 Å². The van der Waals surface area contributed by atoms with Crippen LogP contribution in [0.1, 0.15) is 38.4 Å². The van der Waals surface area contributed by atoms with Crippen LogP contribution in [0.5, 0.6) is 5.88 Å². The topological polar surface area (TPSA) is 70.3 Å². The molecule has 2 N–H and O–H groups in total. The lowest BCUT2D eigenvalue weighted by Crippen LogP contribution is -2.26. The number of anilines is 1. The molecule has 0 aromatic carbocycles. The zero-order chi connectivity index (χ0) is 12.3. The third-order valence-corrected chi connectivity index (χ3v) is 2.71. The Morgan fingerprint density at radius 1 is 1.35 bits per heavy atom. The first-order chi connectivity index (χ1) is 8.15. The molecule has 1 aromatic rings. The maximum Gasteiger partial charge on any atom is 0.219 e. The second-order valence-electron chi connectivity index (χ2n) is 4.57. The highest BCUT2D eigenvalue weighted by atomic mass is 16.5. The van der Waals surface area contributed by atoms with E-state index >= 15 is 0 Å². The largest absolute Gasteiger partial charge is 0.474 e. The molecule has 0 unspecified atom stereocenters. The summed E-state index contributed by atoms with van der Waals surface area (Å²) in [5.74, 6) is 2.02. The average Bonchev–Trinajstić information content (AvgIpc) is 2.29. The Morgan fingerprint density at radius 2 is 2.06 bits per heavy atom. The van der Waals surface area contributed by atoms with Crippen LogP contribution in [0.15, 0.2) is 6.07 Å². The molecule has 0 aliphatic carbocycles. The minimum absolute atomic E-state index is 0.179. The second-order valence-corrected chi connectivity index (χ2v) is 4.57. The van der Waals surface area contributed by atoms with Crippen LogP contribution in [-0.2, 0) is 4.74 Å². The number of hydrogen-bond acceptors (Lipinski definition) is 5. The fourth-order valence-electron chi connectivity index (χ4n) is 1.74. The molecule has 0 amide bonds. The summed E-state index contributed by atoms with van der Waals surface area (Å²) in [6.07, 6.45) is 1.99. The summed E-state index contributed by atoms with van der Waals surface area (Å²) in [5.41, 5.74) is 5.75. The van der Waals surface area contributed by atoms with Crippen molar-refractivity contribution in [1.82, 2.24) is 9.97 Å². The highest BCUT2D eigenvalue weighted by Crippen LogP contribution is 2.20. The molecule has 2 rings (SSSR count). The molecule has 0 spiro atoms. The van der Waals surface area contributed by atoms with Crippen molar-refractivity contribution in [3.05, 3.63) is 11.9 Å². The van der Waals surface area contributed by atoms with Gasteiger partial charge in [0.25, 0.3) is 0 Å². The smallest absolute Gasteiger partial charge is 0.219 e. The van der Waals surface area contributed by atoms with E-state index in [2.05, 4.69) is 9.97 Å². The zero-order valence-corrected chi connectivity index (χ0v) is 10.3. The fraction of sp³-hybridized carbons (Fsp3) is 0.667. The first kappa shape index (κ1) is 12.1. The van der Waals surface area contributed by atoms with Crippen molar-refractivity contribution in [1.29, 1.82) is 0 Å². The Kier molecular flexibility index (Phi) is 3.78. The van der Waals surface area contributed by atoms with Crippen molar-refractivity contribution in [3.8, 4) is 5.88 Å². The summed E-state index contributed by atoms with van der Waals surface area (Å²) in [5, 5.41) is 0. The number of aromatic nitrogens is 2. The van der Waals surface area contributed by atoms with E-state index in [4.69, 9.17) is 15.2 Å². The van der Waals surface area contributed by atoms with Crippen molar-refractivity contribution < 1.29 is 9.47 Å². The normalized spacial score (nSPS) is 17.4. The van der Waals surface area contributed by atoms with Crippen LogP contribution in [0.2, 0.25) is 0 Å². The van der Waals surface area contributed by atoms with Crippen molar-refractivity contribution >= 4 is 5.82 Å². The summed E-state index contributed by atoms with van der Waals surface area (Å²) in [6, 6.07) is 1.68. The third-order valence-electron chi connectivity index (χ3n) is 2.71. The molecule has 0 bridgehead atoms. The lowest BCUT2D eigenvalue weighted by atomic mass is 10.1. The van der Waals surface area contributed by atoms with Gasteiger partial charge in [-0.15, -0.1) is 0 Å². The van der Waals surface area contributed by atoms with Gasteiger partial charge in [0.2, 0.25) is 5.88 Å². The minimum Gasteiger partial charge on any atom is -0.474 e. The summed E-state index contributed by atoms with van der Waals surface area (Å²) < 4.78 is 11.1. The molecule has 5 heteroatoms. The highest BCUT2D eigenvalue weighted by Gasteiger charge is 2.17. The Hall–Kier alpha value is -1.36. The molecule has 1 aromatic heterocycles. The number of nitrogen functional groups attached to an aromatic ring is 1. The molecule has 17 heavy (non-hydrogen) atoms. The highest BCUT2D eigenvalue weighted by molar-refractivity contribution is 5.33. The van der Waals surface area contributed by atoms with Gasteiger partial charge in [0.1, 0.15) is 17.7 Å². The summed E-state index contributed by atoms with van der Waals surface area (Å²) in [4.78, 5) is 8.56. The summed E-state index contributed by atoms with van der Waals surface area (Å²) in [7, 11) is 0. The van der Waals surface area contributed by atoms with Gasteiger partial charge in [-0.1, -0.05) is 13.8 Å². The van der Waals surface area contributed by atoms with Crippen molar-refractivity contribution in [2.75, 3.05) is 18.9 Å². The Balaban J connectivity index is 2.09. The number of hydrogen-bond donors (Lipinski definition) is 1. The van der Waals surface area contributed by atoms with Crippen LogP contribution >= 0.6 is 0 Å². The molecule has 94 valence electrons.